The predicted molar refractivity (Wildman–Crippen MR) is 106 cm³/mol. The Bertz CT molecular complexity index is 778. The van der Waals surface area contributed by atoms with Crippen molar-refractivity contribution in [2.45, 2.75) is 38.7 Å². The molecule has 1 saturated heterocycles. The fourth-order valence-corrected chi connectivity index (χ4v) is 2.89. The Kier molecular flexibility index (Phi) is 6.96. The number of unbranched alkanes of at least 4 members (excludes halogenated alkanes) is 1. The quantitative estimate of drug-likeness (QED) is 0.359. The second-order valence-corrected chi connectivity index (χ2v) is 6.54. The first-order valence-corrected chi connectivity index (χ1v) is 9.52. The van der Waals surface area contributed by atoms with Gasteiger partial charge in [-0.05, 0) is 43.5 Å². The van der Waals surface area contributed by atoms with Crippen molar-refractivity contribution in [3.63, 3.8) is 0 Å². The monoisotopic (exact) mass is 387 g/mol. The summed E-state index contributed by atoms with van der Waals surface area (Å²) in [4.78, 5) is 19.2. The zero-order valence-corrected chi connectivity index (χ0v) is 15.9. The third-order valence-electron chi connectivity index (χ3n) is 4.41. The minimum atomic E-state index is -0.484. The van der Waals surface area contributed by atoms with Crippen molar-refractivity contribution in [1.29, 1.82) is 0 Å². The van der Waals surface area contributed by atoms with E-state index in [0.29, 0.717) is 18.8 Å². The van der Waals surface area contributed by atoms with Crippen LogP contribution < -0.4 is 15.4 Å². The highest BCUT2D eigenvalue weighted by molar-refractivity contribution is 5.73. The molecule has 0 radical (unpaired) electrons. The number of hydrogen-bond acceptors (Lipinski definition) is 8. The summed E-state index contributed by atoms with van der Waals surface area (Å²) in [5.41, 5.74) is 0.485. The van der Waals surface area contributed by atoms with E-state index in [4.69, 9.17) is 9.47 Å². The van der Waals surface area contributed by atoms with Gasteiger partial charge in [0, 0.05) is 18.8 Å². The Hall–Kier alpha value is -2.94. The van der Waals surface area contributed by atoms with Gasteiger partial charge in [0.25, 0.3) is 0 Å². The summed E-state index contributed by atoms with van der Waals surface area (Å²) < 4.78 is 11.2. The van der Waals surface area contributed by atoms with Gasteiger partial charge in [0.15, 0.2) is 0 Å². The number of aromatic nitrogens is 2. The molecule has 9 heteroatoms. The van der Waals surface area contributed by atoms with Crippen LogP contribution in [0.1, 0.15) is 32.6 Å². The Morgan fingerprint density at radius 1 is 1.29 bits per heavy atom. The molecule has 2 N–H and O–H groups in total. The van der Waals surface area contributed by atoms with Crippen molar-refractivity contribution in [3.8, 4) is 5.75 Å². The highest BCUT2D eigenvalue weighted by Gasteiger charge is 2.24. The first kappa shape index (κ1) is 19.8. The van der Waals surface area contributed by atoms with E-state index >= 15 is 0 Å². The van der Waals surface area contributed by atoms with Gasteiger partial charge in [-0.1, -0.05) is 13.3 Å². The van der Waals surface area contributed by atoms with Crippen molar-refractivity contribution >= 4 is 23.0 Å². The molecule has 1 aromatic carbocycles. The molecule has 1 unspecified atom stereocenters. The molecule has 150 valence electrons. The predicted octanol–water partition coefficient (Wildman–Crippen LogP) is 3.90. The van der Waals surface area contributed by atoms with E-state index in [1.54, 1.807) is 12.1 Å². The maximum Gasteiger partial charge on any atom is 0.353 e. The molecule has 2 aromatic rings. The smallest absolute Gasteiger partial charge is 0.353 e. The molecule has 1 aliphatic heterocycles. The van der Waals surface area contributed by atoms with Gasteiger partial charge >= 0.3 is 5.69 Å². The van der Waals surface area contributed by atoms with Crippen LogP contribution in [0.2, 0.25) is 0 Å². The Morgan fingerprint density at radius 2 is 2.07 bits per heavy atom. The summed E-state index contributed by atoms with van der Waals surface area (Å²) in [7, 11) is 0. The van der Waals surface area contributed by atoms with Crippen LogP contribution in [0.4, 0.5) is 23.0 Å². The maximum absolute atomic E-state index is 11.6. The highest BCUT2D eigenvalue weighted by atomic mass is 16.6. The van der Waals surface area contributed by atoms with Crippen molar-refractivity contribution in [1.82, 2.24) is 9.97 Å². The summed E-state index contributed by atoms with van der Waals surface area (Å²) in [6, 6.07) is 7.24. The van der Waals surface area contributed by atoms with Gasteiger partial charge in [-0.2, -0.15) is 0 Å². The minimum Gasteiger partial charge on any atom is -0.494 e. The van der Waals surface area contributed by atoms with Gasteiger partial charge in [-0.25, -0.2) is 9.97 Å². The van der Waals surface area contributed by atoms with E-state index < -0.39 is 4.92 Å². The van der Waals surface area contributed by atoms with Gasteiger partial charge < -0.3 is 20.1 Å². The molecule has 0 aliphatic carbocycles. The third kappa shape index (κ3) is 5.29. The van der Waals surface area contributed by atoms with Gasteiger partial charge in [0.2, 0.25) is 11.6 Å². The van der Waals surface area contributed by atoms with Gasteiger partial charge in [-0.3, -0.25) is 10.1 Å². The third-order valence-corrected chi connectivity index (χ3v) is 4.41. The molecule has 1 fully saturated rings. The van der Waals surface area contributed by atoms with Crippen molar-refractivity contribution in [3.05, 3.63) is 40.7 Å². The lowest BCUT2D eigenvalue weighted by molar-refractivity contribution is -0.383. The van der Waals surface area contributed by atoms with Crippen molar-refractivity contribution in [2.24, 2.45) is 0 Å². The largest absolute Gasteiger partial charge is 0.494 e. The number of ether oxygens (including phenoxy) is 2. The van der Waals surface area contributed by atoms with Crippen molar-refractivity contribution < 1.29 is 14.4 Å². The lowest BCUT2D eigenvalue weighted by atomic mass is 10.2. The van der Waals surface area contributed by atoms with E-state index in [1.165, 1.54) is 6.33 Å². The van der Waals surface area contributed by atoms with Crippen LogP contribution in [0, 0.1) is 10.1 Å². The lowest BCUT2D eigenvalue weighted by Gasteiger charge is -2.13. The summed E-state index contributed by atoms with van der Waals surface area (Å²) in [6.07, 6.45) is 5.35. The van der Waals surface area contributed by atoms with Crippen LogP contribution >= 0.6 is 0 Å². The SMILES string of the molecule is CCCCOc1ccc(Nc2ncnc(NCC3CCCO3)c2[N+](=O)[O-])cc1. The minimum absolute atomic E-state index is 0.0474. The Labute approximate surface area is 163 Å². The Morgan fingerprint density at radius 3 is 2.75 bits per heavy atom. The molecule has 9 nitrogen and oxygen atoms in total. The fraction of sp³-hybridized carbons (Fsp3) is 0.474. The normalized spacial score (nSPS) is 16.0. The number of anilines is 3. The van der Waals surface area contributed by atoms with E-state index in [2.05, 4.69) is 27.5 Å². The summed E-state index contributed by atoms with van der Waals surface area (Å²) in [5, 5.41) is 17.6. The molecular formula is C19H25N5O4. The van der Waals surface area contributed by atoms with Crippen LogP contribution in [-0.2, 0) is 4.74 Å². The standard InChI is InChI=1S/C19H25N5O4/c1-2-3-10-27-15-8-6-14(7-9-15)23-19-17(24(25)26)18(21-13-22-19)20-12-16-5-4-11-28-16/h6-9,13,16H,2-5,10-12H2,1H3,(H2,20,21,22,23). The first-order valence-electron chi connectivity index (χ1n) is 9.52. The number of rotatable bonds is 10. The van der Waals surface area contributed by atoms with Crippen LogP contribution in [-0.4, -0.2) is 40.8 Å². The maximum atomic E-state index is 11.6. The molecule has 28 heavy (non-hydrogen) atoms. The summed E-state index contributed by atoms with van der Waals surface area (Å²) in [6.45, 7) is 3.97. The molecule has 3 rings (SSSR count). The molecule has 1 aliphatic rings. The van der Waals surface area contributed by atoms with Gasteiger partial charge in [0.05, 0.1) is 17.6 Å². The van der Waals surface area contributed by atoms with Crippen LogP contribution in [0.3, 0.4) is 0 Å². The second kappa shape index (κ2) is 9.84. The number of hydrogen-bond donors (Lipinski definition) is 2. The van der Waals surface area contributed by atoms with Crippen LogP contribution in [0.25, 0.3) is 0 Å². The zero-order chi connectivity index (χ0) is 19.8. The average molecular weight is 387 g/mol. The van der Waals surface area contributed by atoms with E-state index in [1.807, 2.05) is 12.1 Å². The molecular weight excluding hydrogens is 362 g/mol. The van der Waals surface area contributed by atoms with E-state index in [0.717, 1.165) is 38.0 Å². The highest BCUT2D eigenvalue weighted by Crippen LogP contribution is 2.31. The average Bonchev–Trinajstić information content (AvgIpc) is 3.21. The number of nitrogens with one attached hydrogen (secondary N) is 2. The van der Waals surface area contributed by atoms with E-state index in [9.17, 15) is 10.1 Å². The van der Waals surface area contributed by atoms with Crippen LogP contribution in [0.5, 0.6) is 5.75 Å². The topological polar surface area (TPSA) is 111 Å². The second-order valence-electron chi connectivity index (χ2n) is 6.54. The molecule has 1 atom stereocenters. The molecule has 0 spiro atoms. The van der Waals surface area contributed by atoms with Gasteiger partial charge in [0.1, 0.15) is 12.1 Å². The number of nitrogens with zero attached hydrogens (tertiary/aromatic N) is 3. The number of benzene rings is 1. The first-order chi connectivity index (χ1) is 13.7. The summed E-state index contributed by atoms with van der Waals surface area (Å²) >= 11 is 0. The molecule has 0 bridgehead atoms. The lowest BCUT2D eigenvalue weighted by Crippen LogP contribution is -2.20. The van der Waals surface area contributed by atoms with Gasteiger partial charge in [-0.15, -0.1) is 0 Å². The molecule has 1 aromatic heterocycles. The van der Waals surface area contributed by atoms with Crippen LogP contribution in [0.15, 0.2) is 30.6 Å². The fourth-order valence-electron chi connectivity index (χ4n) is 2.89. The van der Waals surface area contributed by atoms with Crippen molar-refractivity contribution in [2.75, 3.05) is 30.4 Å². The van der Waals surface area contributed by atoms with E-state index in [-0.39, 0.29) is 23.4 Å². The zero-order valence-electron chi connectivity index (χ0n) is 15.9. The summed E-state index contributed by atoms with van der Waals surface area (Å²) in [5.74, 6) is 1.07. The molecule has 0 amide bonds. The number of nitro groups is 1. The molecule has 0 saturated carbocycles. The Balaban J connectivity index is 1.70. The molecule has 2 heterocycles.